The van der Waals surface area contributed by atoms with Crippen molar-refractivity contribution in [3.8, 4) is 0 Å². The van der Waals surface area contributed by atoms with Crippen molar-refractivity contribution in [1.29, 1.82) is 0 Å². The Bertz CT molecular complexity index is 191. The van der Waals surface area contributed by atoms with Gasteiger partial charge < -0.3 is 10.6 Å². The maximum atomic E-state index is 5.96. The molecule has 3 N–H and O–H groups in total. The lowest BCUT2D eigenvalue weighted by Gasteiger charge is -2.25. The molecule has 0 aliphatic rings. The third kappa shape index (κ3) is 10.5. The molecular weight excluding hydrogens is 262 g/mol. The van der Waals surface area contributed by atoms with Crippen molar-refractivity contribution in [3.05, 3.63) is 0 Å². The van der Waals surface area contributed by atoms with Crippen LogP contribution in [0.5, 0.6) is 0 Å². The van der Waals surface area contributed by atoms with Gasteiger partial charge in [-0.25, -0.2) is 0 Å². The summed E-state index contributed by atoms with van der Waals surface area (Å²) in [6.45, 7) is 9.06. The maximum Gasteiger partial charge on any atom is 0.103 e. The van der Waals surface area contributed by atoms with Crippen LogP contribution in [0.4, 0.5) is 0 Å². The lowest BCUT2D eigenvalue weighted by atomic mass is 10.3. The fourth-order valence-electron chi connectivity index (χ4n) is 1.65. The molecule has 0 heterocycles. The molecule has 5 heteroatoms. The number of unbranched alkanes of at least 4 members (excludes halogenated alkanes) is 1. The molecule has 2 atom stereocenters. The average molecular weight is 294 g/mol. The summed E-state index contributed by atoms with van der Waals surface area (Å²) in [5, 5.41) is 4.58. The zero-order chi connectivity index (χ0) is 14.0. The Balaban J connectivity index is 3.98. The molecule has 0 radical (unpaired) electrons. The molecule has 0 aliphatic carbocycles. The molecule has 18 heavy (non-hydrogen) atoms. The summed E-state index contributed by atoms with van der Waals surface area (Å²) < 4.78 is 0. The second-order valence-corrected chi connectivity index (χ2v) is 7.71. The molecule has 110 valence electrons. The summed E-state index contributed by atoms with van der Waals surface area (Å²) in [7, 11) is 2.21. The largest absolute Gasteiger partial charge is 0.307 e. The van der Waals surface area contributed by atoms with Crippen LogP contribution >= 0.6 is 23.5 Å². The number of nitrogens with one attached hydrogen (secondary N) is 1. The first-order chi connectivity index (χ1) is 8.49. The second kappa shape index (κ2) is 11.4. The smallest absolute Gasteiger partial charge is 0.103 e. The van der Waals surface area contributed by atoms with E-state index >= 15 is 0 Å². The van der Waals surface area contributed by atoms with Gasteiger partial charge in [0.1, 0.15) is 5.50 Å². The summed E-state index contributed by atoms with van der Waals surface area (Å²) >= 11 is 3.65. The lowest BCUT2D eigenvalue weighted by Crippen LogP contribution is -2.42. The maximum absolute atomic E-state index is 5.96. The van der Waals surface area contributed by atoms with Gasteiger partial charge in [-0.3, -0.25) is 5.32 Å². The monoisotopic (exact) mass is 293 g/mol. The van der Waals surface area contributed by atoms with Gasteiger partial charge in [0.05, 0.1) is 5.37 Å². The van der Waals surface area contributed by atoms with E-state index in [0.29, 0.717) is 10.6 Å². The van der Waals surface area contributed by atoms with E-state index in [1.165, 1.54) is 19.4 Å². The second-order valence-electron chi connectivity index (χ2n) is 4.94. The zero-order valence-electron chi connectivity index (χ0n) is 12.6. The first kappa shape index (κ1) is 18.6. The molecule has 3 nitrogen and oxygen atoms in total. The number of nitrogens with two attached hydrogens (primary N) is 1. The molecule has 0 saturated heterocycles. The van der Waals surface area contributed by atoms with Gasteiger partial charge >= 0.3 is 0 Å². The van der Waals surface area contributed by atoms with Crippen LogP contribution in [-0.2, 0) is 0 Å². The molecule has 0 aliphatic heterocycles. The Morgan fingerprint density at radius 1 is 1.28 bits per heavy atom. The van der Waals surface area contributed by atoms with Gasteiger partial charge in [0, 0.05) is 11.8 Å². The van der Waals surface area contributed by atoms with Crippen molar-refractivity contribution in [2.24, 2.45) is 5.73 Å². The van der Waals surface area contributed by atoms with Crippen LogP contribution in [0.15, 0.2) is 0 Å². The van der Waals surface area contributed by atoms with Crippen LogP contribution in [0, 0.1) is 0 Å². The van der Waals surface area contributed by atoms with E-state index in [9.17, 15) is 0 Å². The van der Waals surface area contributed by atoms with Crippen LogP contribution < -0.4 is 11.1 Å². The summed E-state index contributed by atoms with van der Waals surface area (Å²) in [6, 6.07) is 0. The summed E-state index contributed by atoms with van der Waals surface area (Å²) in [5.74, 6) is 0. The lowest BCUT2D eigenvalue weighted by molar-refractivity contribution is 0.317. The Morgan fingerprint density at radius 3 is 2.44 bits per heavy atom. The third-order valence-corrected chi connectivity index (χ3v) is 4.60. The minimum atomic E-state index is 0.0437. The van der Waals surface area contributed by atoms with Gasteiger partial charge in [0.25, 0.3) is 0 Å². The van der Waals surface area contributed by atoms with E-state index < -0.39 is 0 Å². The van der Waals surface area contributed by atoms with Crippen molar-refractivity contribution in [2.45, 2.75) is 56.2 Å². The van der Waals surface area contributed by atoms with E-state index in [2.05, 4.69) is 38.0 Å². The van der Waals surface area contributed by atoms with Crippen molar-refractivity contribution in [3.63, 3.8) is 0 Å². The molecule has 0 bridgehead atoms. The van der Waals surface area contributed by atoms with E-state index in [4.69, 9.17) is 5.73 Å². The van der Waals surface area contributed by atoms with E-state index in [1.54, 1.807) is 11.8 Å². The van der Waals surface area contributed by atoms with Crippen molar-refractivity contribution < 1.29 is 0 Å². The number of hydrogen-bond acceptors (Lipinski definition) is 5. The Morgan fingerprint density at radius 2 is 1.94 bits per heavy atom. The van der Waals surface area contributed by atoms with E-state index in [1.807, 2.05) is 18.0 Å². The fourth-order valence-corrected chi connectivity index (χ4v) is 3.16. The van der Waals surface area contributed by atoms with Crippen molar-refractivity contribution >= 4 is 23.5 Å². The number of rotatable bonds is 11. The summed E-state index contributed by atoms with van der Waals surface area (Å²) in [5.41, 5.74) is 6.00. The van der Waals surface area contributed by atoms with E-state index in [-0.39, 0.29) is 5.50 Å². The number of hydrogen-bond donors (Lipinski definition) is 2. The predicted octanol–water partition coefficient (Wildman–Crippen LogP) is 2.77. The highest BCUT2D eigenvalue weighted by atomic mass is 32.2. The van der Waals surface area contributed by atoms with E-state index in [0.717, 1.165) is 13.0 Å². The normalized spacial score (nSPS) is 15.3. The highest BCUT2D eigenvalue weighted by molar-refractivity contribution is 8.00. The van der Waals surface area contributed by atoms with Crippen LogP contribution in [0.25, 0.3) is 0 Å². The minimum Gasteiger partial charge on any atom is -0.307 e. The molecule has 0 rings (SSSR count). The van der Waals surface area contributed by atoms with Crippen LogP contribution in [0.1, 0.15) is 40.0 Å². The Labute approximate surface area is 122 Å². The van der Waals surface area contributed by atoms with Gasteiger partial charge in [-0.05, 0) is 32.7 Å². The predicted molar refractivity (Wildman–Crippen MR) is 88.2 cm³/mol. The minimum absolute atomic E-state index is 0.0437. The molecule has 0 spiro atoms. The van der Waals surface area contributed by atoms with Gasteiger partial charge in [0.15, 0.2) is 0 Å². The first-order valence-corrected chi connectivity index (χ1v) is 9.11. The van der Waals surface area contributed by atoms with Gasteiger partial charge in [-0.2, -0.15) is 0 Å². The SMILES string of the molecule is CCCCN(C)CCC(NC(N)SC)SC(C)C. The topological polar surface area (TPSA) is 41.3 Å². The average Bonchev–Trinajstić information content (AvgIpc) is 2.32. The number of thioether (sulfide) groups is 2. The highest BCUT2D eigenvalue weighted by Crippen LogP contribution is 2.19. The van der Waals surface area contributed by atoms with Gasteiger partial charge in [-0.15, -0.1) is 23.5 Å². The third-order valence-electron chi connectivity index (χ3n) is 2.71. The molecule has 0 aromatic carbocycles. The molecule has 0 fully saturated rings. The molecule has 0 aromatic rings. The number of nitrogens with zero attached hydrogens (tertiary/aromatic N) is 1. The van der Waals surface area contributed by atoms with Crippen LogP contribution in [0.2, 0.25) is 0 Å². The molecule has 0 saturated carbocycles. The van der Waals surface area contributed by atoms with Crippen molar-refractivity contribution in [2.75, 3.05) is 26.4 Å². The Kier molecular flexibility index (Phi) is 11.8. The molecule has 0 amide bonds. The zero-order valence-corrected chi connectivity index (χ0v) is 14.2. The fraction of sp³-hybridized carbons (Fsp3) is 1.00. The first-order valence-electron chi connectivity index (χ1n) is 6.88. The molecule has 2 unspecified atom stereocenters. The van der Waals surface area contributed by atoms with Crippen LogP contribution in [-0.4, -0.2) is 47.4 Å². The highest BCUT2D eigenvalue weighted by Gasteiger charge is 2.14. The molecule has 0 aromatic heterocycles. The Hall–Kier alpha value is 0.580. The summed E-state index contributed by atoms with van der Waals surface area (Å²) in [6.07, 6.45) is 5.75. The molecular formula is C13H31N3S2. The quantitative estimate of drug-likeness (QED) is 0.573. The van der Waals surface area contributed by atoms with Crippen molar-refractivity contribution in [1.82, 2.24) is 10.2 Å². The van der Waals surface area contributed by atoms with Crippen LogP contribution in [0.3, 0.4) is 0 Å². The summed E-state index contributed by atoms with van der Waals surface area (Å²) in [4.78, 5) is 2.42. The standard InChI is InChI=1S/C13H31N3S2/c1-6-7-9-16(4)10-8-12(18-11(2)3)15-13(14)17-5/h11-13,15H,6-10,14H2,1-5H3. The van der Waals surface area contributed by atoms with Gasteiger partial charge in [0.2, 0.25) is 0 Å². The van der Waals surface area contributed by atoms with Gasteiger partial charge in [-0.1, -0.05) is 27.2 Å².